The monoisotopic (exact) mass is 667 g/mol. The molecule has 0 aromatic heterocycles. The van der Waals surface area contributed by atoms with Crippen molar-refractivity contribution >= 4 is 46.6 Å². The Bertz CT molecular complexity index is 1480. The summed E-state index contributed by atoms with van der Waals surface area (Å²) in [6.07, 6.45) is 5.78. The standard InChI is InChI=1S/C35H47Cl2N7O2/c1-33(2,3)15-13-28(22-7-9-23(10-8-22)31(45)38-18-14-29-40-42-43-41-29)44-32(46)30(24-19-26(36)21-27(37)20-24)39-35(44)16-11-25(12-17-35)34(4,5)6/h7-10,19-21,25,28,42-43H,11-18H2,1-6H3,(H,38,45)(H,40,41)/t25?,28-,35?/m1/s1. The van der Waals surface area contributed by atoms with Crippen molar-refractivity contribution in [1.82, 2.24) is 26.7 Å². The molecular formula is C35H47Cl2N7O2. The molecule has 4 N–H and O–H groups in total. The van der Waals surface area contributed by atoms with Crippen LogP contribution in [0, 0.1) is 16.7 Å². The topological polar surface area (TPSA) is 110 Å². The summed E-state index contributed by atoms with van der Waals surface area (Å²) in [7, 11) is 0. The molecule has 5 rings (SSSR count). The first kappa shape index (κ1) is 34.2. The predicted molar refractivity (Wildman–Crippen MR) is 186 cm³/mol. The minimum Gasteiger partial charge on any atom is -0.352 e. The third-order valence-electron chi connectivity index (χ3n) is 9.47. The molecule has 1 fully saturated rings. The minimum atomic E-state index is -0.664. The summed E-state index contributed by atoms with van der Waals surface area (Å²) < 4.78 is 0. The van der Waals surface area contributed by atoms with Crippen molar-refractivity contribution < 1.29 is 9.59 Å². The Labute approximate surface area is 282 Å². The van der Waals surface area contributed by atoms with Crippen molar-refractivity contribution in [3.8, 4) is 0 Å². The molecule has 3 aliphatic rings. The van der Waals surface area contributed by atoms with Crippen molar-refractivity contribution in [2.24, 2.45) is 26.8 Å². The average Bonchev–Trinajstić information content (AvgIpc) is 3.59. The Hall–Kier alpha value is -3.14. The zero-order chi connectivity index (χ0) is 33.3. The van der Waals surface area contributed by atoms with Gasteiger partial charge in [-0.2, -0.15) is 0 Å². The van der Waals surface area contributed by atoms with E-state index in [9.17, 15) is 9.59 Å². The van der Waals surface area contributed by atoms with E-state index in [2.05, 4.69) is 73.4 Å². The fourth-order valence-corrected chi connectivity index (χ4v) is 7.36. The summed E-state index contributed by atoms with van der Waals surface area (Å²) in [6, 6.07) is 12.7. The molecular weight excluding hydrogens is 621 g/mol. The van der Waals surface area contributed by atoms with E-state index < -0.39 is 5.66 Å². The number of benzene rings is 2. The molecule has 248 valence electrons. The van der Waals surface area contributed by atoms with E-state index in [0.717, 1.165) is 49.9 Å². The predicted octanol–water partition coefficient (Wildman–Crippen LogP) is 7.17. The van der Waals surface area contributed by atoms with Crippen LogP contribution in [-0.2, 0) is 4.79 Å². The van der Waals surface area contributed by atoms with E-state index in [4.69, 9.17) is 28.2 Å². The van der Waals surface area contributed by atoms with Gasteiger partial charge in [0.15, 0.2) is 0 Å². The summed E-state index contributed by atoms with van der Waals surface area (Å²) in [4.78, 5) is 35.0. The number of hydrazone groups is 1. The number of carbonyl (C=O) groups is 2. The summed E-state index contributed by atoms with van der Waals surface area (Å²) >= 11 is 12.8. The van der Waals surface area contributed by atoms with E-state index in [0.29, 0.717) is 45.8 Å². The highest BCUT2D eigenvalue weighted by atomic mass is 35.5. The maximum Gasteiger partial charge on any atom is 0.275 e. The van der Waals surface area contributed by atoms with E-state index in [1.165, 1.54) is 0 Å². The fraction of sp³-hybridized carbons (Fsp3) is 0.543. The van der Waals surface area contributed by atoms with Crippen LogP contribution in [0.2, 0.25) is 10.0 Å². The molecule has 2 amide bonds. The van der Waals surface area contributed by atoms with Crippen LogP contribution in [0.25, 0.3) is 0 Å². The molecule has 1 saturated carbocycles. The molecule has 0 radical (unpaired) electrons. The molecule has 9 nitrogen and oxygen atoms in total. The highest BCUT2D eigenvalue weighted by molar-refractivity contribution is 6.47. The number of carbonyl (C=O) groups excluding carboxylic acids is 2. The second kappa shape index (κ2) is 13.5. The lowest BCUT2D eigenvalue weighted by atomic mass is 9.69. The quantitative estimate of drug-likeness (QED) is 0.227. The zero-order valence-electron chi connectivity index (χ0n) is 27.8. The molecule has 0 unspecified atom stereocenters. The number of hydrazine groups is 2. The number of halogens is 2. The van der Waals surface area contributed by atoms with Crippen LogP contribution in [0.1, 0.15) is 114 Å². The first-order valence-electron chi connectivity index (χ1n) is 16.3. The van der Waals surface area contributed by atoms with Crippen LogP contribution in [0.4, 0.5) is 0 Å². The third kappa shape index (κ3) is 7.86. The Morgan fingerprint density at radius 1 is 1.04 bits per heavy atom. The number of amidine groups is 1. The molecule has 1 atom stereocenters. The molecule has 1 spiro atoms. The van der Waals surface area contributed by atoms with Gasteiger partial charge in [0.05, 0.1) is 6.04 Å². The van der Waals surface area contributed by atoms with E-state index in [-0.39, 0.29) is 28.7 Å². The maximum absolute atomic E-state index is 14.6. The minimum absolute atomic E-state index is 0.0611. The molecule has 11 heteroatoms. The van der Waals surface area contributed by atoms with Gasteiger partial charge in [0.1, 0.15) is 17.2 Å². The van der Waals surface area contributed by atoms with Gasteiger partial charge in [-0.3, -0.25) is 20.0 Å². The van der Waals surface area contributed by atoms with E-state index >= 15 is 0 Å². The smallest absolute Gasteiger partial charge is 0.275 e. The van der Waals surface area contributed by atoms with Crippen LogP contribution in [-0.4, -0.2) is 40.5 Å². The number of nitrogens with one attached hydrogen (secondary N) is 4. The normalized spacial score (nSPS) is 22.3. The molecule has 0 bridgehead atoms. The lowest BCUT2D eigenvalue weighted by molar-refractivity contribution is -0.134. The SMILES string of the molecule is CC(C)(C)CC[C@H](c1ccc(C(=O)NCCC2=NNNN2)cc1)N1C(=O)C(c2cc(Cl)cc(Cl)c2)=NC12CCC(C(C)(C)C)CC2. The third-order valence-corrected chi connectivity index (χ3v) is 9.91. The number of aliphatic imine (C=N–C) groups is 1. The van der Waals surface area contributed by atoms with Gasteiger partial charge in [-0.05, 0) is 91.2 Å². The molecule has 0 saturated heterocycles. The molecule has 46 heavy (non-hydrogen) atoms. The Balaban J connectivity index is 1.47. The van der Waals surface area contributed by atoms with Crippen LogP contribution in [0.3, 0.4) is 0 Å². The maximum atomic E-state index is 14.6. The lowest BCUT2D eigenvalue weighted by Crippen LogP contribution is -2.51. The largest absolute Gasteiger partial charge is 0.352 e. The molecule has 1 aliphatic carbocycles. The van der Waals surface area contributed by atoms with Gasteiger partial charge in [0.2, 0.25) is 0 Å². The number of hydrogen-bond acceptors (Lipinski definition) is 7. The van der Waals surface area contributed by atoms with Gasteiger partial charge in [-0.15, -0.1) is 10.6 Å². The summed E-state index contributed by atoms with van der Waals surface area (Å²) in [5.74, 6) is 1.01. The van der Waals surface area contributed by atoms with Gasteiger partial charge in [-0.25, -0.2) is 5.53 Å². The second-order valence-corrected chi connectivity index (χ2v) is 16.0. The number of nitrogens with zero attached hydrogens (tertiary/aromatic N) is 3. The van der Waals surface area contributed by atoms with Crippen LogP contribution in [0.15, 0.2) is 52.6 Å². The number of hydrogen-bond donors (Lipinski definition) is 4. The average molecular weight is 669 g/mol. The van der Waals surface area contributed by atoms with Crippen molar-refractivity contribution in [3.05, 3.63) is 69.2 Å². The van der Waals surface area contributed by atoms with Crippen LogP contribution >= 0.6 is 23.2 Å². The van der Waals surface area contributed by atoms with Gasteiger partial charge >= 0.3 is 0 Å². The van der Waals surface area contributed by atoms with E-state index in [1.54, 1.807) is 18.2 Å². The summed E-state index contributed by atoms with van der Waals surface area (Å²) in [5.41, 5.74) is 10.4. The van der Waals surface area contributed by atoms with Crippen molar-refractivity contribution in [3.63, 3.8) is 0 Å². The first-order chi connectivity index (χ1) is 21.6. The molecule has 2 aromatic carbocycles. The molecule has 2 aliphatic heterocycles. The van der Waals surface area contributed by atoms with Crippen molar-refractivity contribution in [2.75, 3.05) is 6.54 Å². The Morgan fingerprint density at radius 3 is 2.26 bits per heavy atom. The van der Waals surface area contributed by atoms with Crippen molar-refractivity contribution in [2.45, 2.75) is 98.2 Å². The summed E-state index contributed by atoms with van der Waals surface area (Å²) in [6.45, 7) is 14.0. The zero-order valence-corrected chi connectivity index (χ0v) is 29.3. The fourth-order valence-electron chi connectivity index (χ4n) is 6.83. The van der Waals surface area contributed by atoms with Crippen molar-refractivity contribution in [1.29, 1.82) is 0 Å². The number of rotatable bonds is 9. The highest BCUT2D eigenvalue weighted by Gasteiger charge is 2.52. The second-order valence-electron chi connectivity index (χ2n) is 15.1. The van der Waals surface area contributed by atoms with Gasteiger partial charge < -0.3 is 10.2 Å². The molecule has 2 heterocycles. The Morgan fingerprint density at radius 2 is 1.70 bits per heavy atom. The van der Waals surface area contributed by atoms with Gasteiger partial charge in [0.25, 0.3) is 11.8 Å². The number of amides is 2. The van der Waals surface area contributed by atoms with Gasteiger partial charge in [0, 0.05) is 34.1 Å². The van der Waals surface area contributed by atoms with E-state index in [1.807, 2.05) is 24.3 Å². The van der Waals surface area contributed by atoms with Crippen LogP contribution in [0.5, 0.6) is 0 Å². The lowest BCUT2D eigenvalue weighted by Gasteiger charge is -2.47. The summed E-state index contributed by atoms with van der Waals surface area (Å²) in [5, 5.41) is 7.94. The van der Waals surface area contributed by atoms with Crippen LogP contribution < -0.4 is 21.8 Å². The highest BCUT2D eigenvalue weighted by Crippen LogP contribution is 2.50. The van der Waals surface area contributed by atoms with Gasteiger partial charge in [-0.1, -0.05) is 76.9 Å². The molecule has 2 aromatic rings. The first-order valence-corrected chi connectivity index (χ1v) is 17.0. The Kier molecular flexibility index (Phi) is 10.1.